The van der Waals surface area contributed by atoms with Crippen LogP contribution in [0.4, 0.5) is 5.82 Å². The molecule has 1 aromatic carbocycles. The number of nitrogens with one attached hydrogen (secondary N) is 2. The monoisotopic (exact) mass is 487 g/mol. The average molecular weight is 488 g/mol. The number of fused-ring (bicyclic) bond motifs is 1. The van der Waals surface area contributed by atoms with Gasteiger partial charge in [-0.1, -0.05) is 73.6 Å². The maximum atomic E-state index is 13.3. The van der Waals surface area contributed by atoms with Crippen molar-refractivity contribution in [3.63, 3.8) is 0 Å². The molecule has 2 N–H and O–H groups in total. The molecular formula is C23H26BrN3O2S. The number of halogens is 1. The van der Waals surface area contributed by atoms with Crippen LogP contribution in [0.15, 0.2) is 50.0 Å². The van der Waals surface area contributed by atoms with Crippen molar-refractivity contribution in [2.45, 2.75) is 63.3 Å². The van der Waals surface area contributed by atoms with Crippen LogP contribution in [0.5, 0.6) is 0 Å². The van der Waals surface area contributed by atoms with Crippen LogP contribution in [0.2, 0.25) is 0 Å². The first-order chi connectivity index (χ1) is 14.2. The topological polar surface area (TPSA) is 74.8 Å². The van der Waals surface area contributed by atoms with Gasteiger partial charge in [-0.2, -0.15) is 0 Å². The lowest BCUT2D eigenvalue weighted by molar-refractivity contribution is -0.118. The van der Waals surface area contributed by atoms with Gasteiger partial charge in [0.25, 0.3) is 5.56 Å². The van der Waals surface area contributed by atoms with Crippen molar-refractivity contribution in [2.75, 3.05) is 5.32 Å². The Morgan fingerprint density at radius 3 is 2.70 bits per heavy atom. The van der Waals surface area contributed by atoms with Crippen LogP contribution in [-0.4, -0.2) is 21.0 Å². The van der Waals surface area contributed by atoms with E-state index in [1.165, 1.54) is 0 Å². The van der Waals surface area contributed by atoms with E-state index in [-0.39, 0.29) is 16.8 Å². The number of benzene rings is 1. The fraction of sp³-hybridized carbons (Fsp3) is 0.435. The van der Waals surface area contributed by atoms with Gasteiger partial charge < -0.3 is 10.3 Å². The van der Waals surface area contributed by atoms with Crippen molar-refractivity contribution in [1.29, 1.82) is 0 Å². The number of aromatic nitrogens is 2. The molecular weight excluding hydrogens is 462 g/mol. The molecule has 0 saturated heterocycles. The molecule has 0 fully saturated rings. The van der Waals surface area contributed by atoms with Crippen LogP contribution in [0.25, 0.3) is 0 Å². The van der Waals surface area contributed by atoms with Crippen molar-refractivity contribution in [1.82, 2.24) is 9.97 Å². The third kappa shape index (κ3) is 3.89. The molecule has 158 valence electrons. The van der Waals surface area contributed by atoms with Gasteiger partial charge in [-0.05, 0) is 29.9 Å². The fourth-order valence-corrected chi connectivity index (χ4v) is 5.60. The molecule has 0 saturated carbocycles. The number of hydrogen-bond acceptors (Lipinski definition) is 5. The molecule has 5 nitrogen and oxygen atoms in total. The van der Waals surface area contributed by atoms with Gasteiger partial charge in [0.05, 0.1) is 5.56 Å². The number of H-pyrrole nitrogens is 1. The van der Waals surface area contributed by atoms with Gasteiger partial charge in [-0.15, -0.1) is 0 Å². The molecule has 1 aliphatic heterocycles. The second-order valence-corrected chi connectivity index (χ2v) is 11.2. The van der Waals surface area contributed by atoms with Crippen LogP contribution in [0.3, 0.4) is 0 Å². The van der Waals surface area contributed by atoms with Crippen LogP contribution < -0.4 is 10.9 Å². The van der Waals surface area contributed by atoms with E-state index in [9.17, 15) is 9.59 Å². The molecule has 0 spiro atoms. The van der Waals surface area contributed by atoms with Crippen LogP contribution in [-0.2, 0) is 4.79 Å². The van der Waals surface area contributed by atoms with Crippen molar-refractivity contribution < 1.29 is 4.79 Å². The molecule has 2 atom stereocenters. The van der Waals surface area contributed by atoms with Gasteiger partial charge >= 0.3 is 0 Å². The summed E-state index contributed by atoms with van der Waals surface area (Å²) in [5, 5.41) is 4.33. The predicted octanol–water partition coefficient (Wildman–Crippen LogP) is 5.62. The fourth-order valence-electron chi connectivity index (χ4n) is 4.24. The third-order valence-corrected chi connectivity index (χ3v) is 7.68. The van der Waals surface area contributed by atoms with Gasteiger partial charge in [-0.25, -0.2) is 4.98 Å². The summed E-state index contributed by atoms with van der Waals surface area (Å²) in [6, 6.07) is 7.80. The quantitative estimate of drug-likeness (QED) is 0.432. The summed E-state index contributed by atoms with van der Waals surface area (Å²) in [5.41, 5.74) is 2.69. The number of rotatable bonds is 4. The molecule has 1 aliphatic carbocycles. The van der Waals surface area contributed by atoms with Gasteiger partial charge in [0.15, 0.2) is 10.9 Å². The Balaban J connectivity index is 1.93. The summed E-state index contributed by atoms with van der Waals surface area (Å²) in [5.74, 6) is 0.224. The minimum atomic E-state index is -0.436. The first-order valence-electron chi connectivity index (χ1n) is 10.3. The Kier molecular flexibility index (Phi) is 5.70. The van der Waals surface area contributed by atoms with Crippen molar-refractivity contribution in [2.24, 2.45) is 5.41 Å². The SMILES string of the molecule is CC[C@@H](C)Sc1nc2c(c(=O)[nH]1)[C@H](c1ccccc1Br)C1=C(CC(C)(C)CC1=O)N2. The predicted molar refractivity (Wildman–Crippen MR) is 125 cm³/mol. The number of aromatic amines is 1. The summed E-state index contributed by atoms with van der Waals surface area (Å²) in [6.45, 7) is 8.44. The third-order valence-electron chi connectivity index (χ3n) is 5.80. The number of nitrogens with zero attached hydrogens (tertiary/aromatic N) is 1. The van der Waals surface area contributed by atoms with E-state index in [4.69, 9.17) is 4.98 Å². The average Bonchev–Trinajstić information content (AvgIpc) is 2.65. The molecule has 7 heteroatoms. The highest BCUT2D eigenvalue weighted by molar-refractivity contribution is 9.10. The molecule has 30 heavy (non-hydrogen) atoms. The number of allylic oxidation sites excluding steroid dienone is 2. The van der Waals surface area contributed by atoms with Gasteiger partial charge in [0, 0.05) is 33.3 Å². The molecule has 1 aromatic heterocycles. The Morgan fingerprint density at radius 1 is 1.27 bits per heavy atom. The molecule has 0 amide bonds. The Bertz CT molecular complexity index is 1110. The van der Waals surface area contributed by atoms with E-state index in [1.54, 1.807) is 11.8 Å². The van der Waals surface area contributed by atoms with Crippen molar-refractivity contribution in [3.05, 3.63) is 61.5 Å². The van der Waals surface area contributed by atoms with Crippen molar-refractivity contribution >= 4 is 39.3 Å². The largest absolute Gasteiger partial charge is 0.343 e. The smallest absolute Gasteiger partial charge is 0.257 e. The zero-order chi connectivity index (χ0) is 21.6. The summed E-state index contributed by atoms with van der Waals surface area (Å²) in [7, 11) is 0. The van der Waals surface area contributed by atoms with Gasteiger partial charge in [0.1, 0.15) is 5.82 Å². The van der Waals surface area contributed by atoms with E-state index in [1.807, 2.05) is 24.3 Å². The number of ketones is 1. The Labute approximate surface area is 189 Å². The highest BCUT2D eigenvalue weighted by Crippen LogP contribution is 2.48. The molecule has 0 radical (unpaired) electrons. The summed E-state index contributed by atoms with van der Waals surface area (Å²) in [6.07, 6.45) is 2.20. The molecule has 4 rings (SSSR count). The minimum absolute atomic E-state index is 0.0950. The Hall–Kier alpha value is -1.86. The number of carbonyl (C=O) groups excluding carboxylic acids is 1. The lowest BCUT2D eigenvalue weighted by atomic mass is 9.69. The lowest BCUT2D eigenvalue weighted by Gasteiger charge is -2.38. The Morgan fingerprint density at radius 2 is 2.00 bits per heavy atom. The van der Waals surface area contributed by atoms with Crippen LogP contribution in [0, 0.1) is 5.41 Å². The second-order valence-electron chi connectivity index (χ2n) is 8.88. The molecule has 0 unspecified atom stereocenters. The van der Waals surface area contributed by atoms with Gasteiger partial charge in [-0.3, -0.25) is 9.59 Å². The van der Waals surface area contributed by atoms with E-state index in [0.29, 0.717) is 33.8 Å². The van der Waals surface area contributed by atoms with Crippen molar-refractivity contribution in [3.8, 4) is 0 Å². The number of hydrogen-bond donors (Lipinski definition) is 2. The zero-order valence-electron chi connectivity index (χ0n) is 17.6. The standard InChI is InChI=1S/C23H26BrN3O2S/c1-5-12(2)30-22-26-20-19(21(29)27-22)17(13-8-6-7-9-14(13)24)18-15(25-20)10-23(3,4)11-16(18)28/h6-9,12,17H,5,10-11H2,1-4H3,(H2,25,26,27,29)/t12-,17-/m1/s1. The second kappa shape index (κ2) is 8.00. The normalized spacial score (nSPS) is 21.0. The van der Waals surface area contributed by atoms with E-state index >= 15 is 0 Å². The highest BCUT2D eigenvalue weighted by atomic mass is 79.9. The maximum Gasteiger partial charge on any atom is 0.257 e. The van der Waals surface area contributed by atoms with E-state index in [0.717, 1.165) is 28.6 Å². The summed E-state index contributed by atoms with van der Waals surface area (Å²) >= 11 is 5.19. The number of anilines is 1. The lowest BCUT2D eigenvalue weighted by Crippen LogP contribution is -2.37. The number of carbonyl (C=O) groups is 1. The van der Waals surface area contributed by atoms with E-state index < -0.39 is 5.92 Å². The van der Waals surface area contributed by atoms with Gasteiger partial charge in [0.2, 0.25) is 0 Å². The first-order valence-corrected chi connectivity index (χ1v) is 12.0. The summed E-state index contributed by atoms with van der Waals surface area (Å²) in [4.78, 5) is 34.2. The van der Waals surface area contributed by atoms with Crippen LogP contribution >= 0.6 is 27.7 Å². The minimum Gasteiger partial charge on any atom is -0.343 e. The van der Waals surface area contributed by atoms with Crippen LogP contribution in [0.1, 0.15) is 64.0 Å². The highest BCUT2D eigenvalue weighted by Gasteiger charge is 2.42. The molecule has 2 heterocycles. The molecule has 2 aromatic rings. The maximum absolute atomic E-state index is 13.3. The first kappa shape index (κ1) is 21.4. The summed E-state index contributed by atoms with van der Waals surface area (Å²) < 4.78 is 0.879. The molecule has 2 aliphatic rings. The molecule has 0 bridgehead atoms. The zero-order valence-corrected chi connectivity index (χ0v) is 20.0. The number of thioether (sulfide) groups is 1. The van der Waals surface area contributed by atoms with E-state index in [2.05, 4.69) is 53.9 Å². The number of Topliss-reactive ketones (excluding diaryl/α,β-unsaturated/α-hetero) is 1.